The second-order valence-electron chi connectivity index (χ2n) is 4.41. The Balaban J connectivity index is 1.83. The third-order valence-electron chi connectivity index (χ3n) is 3.44. The van der Waals surface area contributed by atoms with Crippen LogP contribution in [0.15, 0.2) is 11.3 Å². The molecule has 0 radical (unpaired) electrons. The zero-order valence-electron chi connectivity index (χ0n) is 8.67. The standard InChI is InChI=1S/C11H15NO3/c13-10-2-1-8-3-4-11(7-9(8)12-10)14-5-6-15-11/h1-7H2,(H,12,13). The van der Waals surface area contributed by atoms with E-state index in [0.29, 0.717) is 26.1 Å². The van der Waals surface area contributed by atoms with Gasteiger partial charge in [-0.05, 0) is 18.4 Å². The van der Waals surface area contributed by atoms with E-state index in [9.17, 15) is 4.79 Å². The van der Waals surface area contributed by atoms with Gasteiger partial charge in [0.05, 0.1) is 13.2 Å². The topological polar surface area (TPSA) is 47.6 Å². The van der Waals surface area contributed by atoms with Gasteiger partial charge in [-0.25, -0.2) is 0 Å². The van der Waals surface area contributed by atoms with Crippen LogP contribution in [0.5, 0.6) is 0 Å². The van der Waals surface area contributed by atoms with Gasteiger partial charge in [0.2, 0.25) is 5.91 Å². The van der Waals surface area contributed by atoms with E-state index >= 15 is 0 Å². The molecule has 1 aliphatic carbocycles. The summed E-state index contributed by atoms with van der Waals surface area (Å²) in [5.74, 6) is -0.299. The zero-order chi connectivity index (χ0) is 10.3. The highest BCUT2D eigenvalue weighted by molar-refractivity contribution is 5.79. The van der Waals surface area contributed by atoms with Crippen LogP contribution in [0.2, 0.25) is 0 Å². The van der Waals surface area contributed by atoms with Gasteiger partial charge >= 0.3 is 0 Å². The molecule has 0 aromatic rings. The van der Waals surface area contributed by atoms with E-state index in [-0.39, 0.29) is 5.91 Å². The summed E-state index contributed by atoms with van der Waals surface area (Å²) in [5.41, 5.74) is 2.44. The van der Waals surface area contributed by atoms with Crippen LogP contribution in [0.1, 0.15) is 32.1 Å². The van der Waals surface area contributed by atoms with Crippen molar-refractivity contribution in [2.75, 3.05) is 13.2 Å². The minimum Gasteiger partial charge on any atom is -0.347 e. The fourth-order valence-electron chi connectivity index (χ4n) is 2.62. The van der Waals surface area contributed by atoms with E-state index < -0.39 is 5.79 Å². The van der Waals surface area contributed by atoms with Gasteiger partial charge in [0, 0.05) is 25.0 Å². The van der Waals surface area contributed by atoms with E-state index in [4.69, 9.17) is 9.47 Å². The summed E-state index contributed by atoms with van der Waals surface area (Å²) in [4.78, 5) is 11.3. The number of hydrogen-bond donors (Lipinski definition) is 1. The van der Waals surface area contributed by atoms with E-state index in [1.54, 1.807) is 0 Å². The summed E-state index contributed by atoms with van der Waals surface area (Å²) in [6.45, 7) is 1.35. The van der Waals surface area contributed by atoms with E-state index in [1.165, 1.54) is 5.57 Å². The number of allylic oxidation sites excluding steroid dienone is 1. The van der Waals surface area contributed by atoms with Crippen molar-refractivity contribution in [2.24, 2.45) is 0 Å². The molecule has 1 amide bonds. The van der Waals surface area contributed by atoms with Crippen LogP contribution in [-0.2, 0) is 14.3 Å². The molecule has 0 unspecified atom stereocenters. The number of rotatable bonds is 0. The molecule has 1 N–H and O–H groups in total. The molecular formula is C11H15NO3. The quantitative estimate of drug-likeness (QED) is 0.649. The molecule has 0 aromatic carbocycles. The second kappa shape index (κ2) is 3.32. The van der Waals surface area contributed by atoms with Crippen LogP contribution in [0.25, 0.3) is 0 Å². The SMILES string of the molecule is O=C1CCC2=C(CC3(CC2)OCCO3)N1. The van der Waals surface area contributed by atoms with Gasteiger partial charge in [0.1, 0.15) is 0 Å². The van der Waals surface area contributed by atoms with E-state index in [2.05, 4.69) is 5.32 Å². The normalized spacial score (nSPS) is 29.2. The lowest BCUT2D eigenvalue weighted by molar-refractivity contribution is -0.165. The van der Waals surface area contributed by atoms with E-state index in [1.807, 2.05) is 0 Å². The van der Waals surface area contributed by atoms with Crippen LogP contribution in [0, 0.1) is 0 Å². The maximum Gasteiger partial charge on any atom is 0.224 e. The maximum absolute atomic E-state index is 11.3. The van der Waals surface area contributed by atoms with Gasteiger partial charge in [0.25, 0.3) is 0 Å². The summed E-state index contributed by atoms with van der Waals surface area (Å²) in [6, 6.07) is 0. The molecule has 3 aliphatic rings. The summed E-state index contributed by atoms with van der Waals surface area (Å²) in [7, 11) is 0. The van der Waals surface area contributed by atoms with Crippen molar-refractivity contribution in [3.63, 3.8) is 0 Å². The molecule has 1 spiro atoms. The Morgan fingerprint density at radius 1 is 1.13 bits per heavy atom. The van der Waals surface area contributed by atoms with Gasteiger partial charge < -0.3 is 14.8 Å². The number of nitrogens with one attached hydrogen (secondary N) is 1. The third-order valence-corrected chi connectivity index (χ3v) is 3.44. The molecule has 1 saturated heterocycles. The first-order valence-electron chi connectivity index (χ1n) is 5.56. The van der Waals surface area contributed by atoms with Crippen molar-refractivity contribution in [2.45, 2.75) is 37.9 Å². The molecule has 15 heavy (non-hydrogen) atoms. The maximum atomic E-state index is 11.3. The molecular weight excluding hydrogens is 194 g/mol. The highest BCUT2D eigenvalue weighted by Crippen LogP contribution is 2.40. The fraction of sp³-hybridized carbons (Fsp3) is 0.727. The highest BCUT2D eigenvalue weighted by Gasteiger charge is 2.41. The number of carbonyl (C=O) groups is 1. The highest BCUT2D eigenvalue weighted by atomic mass is 16.7. The molecule has 0 bridgehead atoms. The smallest absolute Gasteiger partial charge is 0.224 e. The lowest BCUT2D eigenvalue weighted by Crippen LogP contribution is -2.40. The fourth-order valence-corrected chi connectivity index (χ4v) is 2.62. The van der Waals surface area contributed by atoms with Crippen LogP contribution in [0.3, 0.4) is 0 Å². The first kappa shape index (κ1) is 9.36. The molecule has 82 valence electrons. The largest absolute Gasteiger partial charge is 0.347 e. The monoisotopic (exact) mass is 209 g/mol. The number of carbonyl (C=O) groups excluding carboxylic acids is 1. The van der Waals surface area contributed by atoms with Gasteiger partial charge in [-0.15, -0.1) is 0 Å². The average Bonchev–Trinajstić information content (AvgIpc) is 2.66. The van der Waals surface area contributed by atoms with Gasteiger partial charge in [-0.2, -0.15) is 0 Å². The Kier molecular flexibility index (Phi) is 2.07. The van der Waals surface area contributed by atoms with Crippen molar-refractivity contribution in [3.8, 4) is 0 Å². The Morgan fingerprint density at radius 2 is 1.93 bits per heavy atom. The van der Waals surface area contributed by atoms with Crippen LogP contribution >= 0.6 is 0 Å². The predicted molar refractivity (Wildman–Crippen MR) is 52.9 cm³/mol. The third kappa shape index (κ3) is 1.58. The Hall–Kier alpha value is -0.870. The molecule has 1 fully saturated rings. The van der Waals surface area contributed by atoms with Crippen molar-refractivity contribution >= 4 is 5.91 Å². The van der Waals surface area contributed by atoms with Gasteiger partial charge in [-0.3, -0.25) is 4.79 Å². The summed E-state index contributed by atoms with van der Waals surface area (Å²) in [6.07, 6.45) is 4.19. The van der Waals surface area contributed by atoms with Crippen LogP contribution < -0.4 is 5.32 Å². The van der Waals surface area contributed by atoms with Crippen molar-refractivity contribution < 1.29 is 14.3 Å². The van der Waals surface area contributed by atoms with Gasteiger partial charge in [-0.1, -0.05) is 0 Å². The van der Waals surface area contributed by atoms with Gasteiger partial charge in [0.15, 0.2) is 5.79 Å². The van der Waals surface area contributed by atoms with Crippen molar-refractivity contribution in [1.29, 1.82) is 0 Å². The zero-order valence-corrected chi connectivity index (χ0v) is 8.67. The van der Waals surface area contributed by atoms with Crippen LogP contribution in [0.4, 0.5) is 0 Å². The molecule has 3 rings (SSSR count). The molecule has 0 atom stereocenters. The molecule has 0 aromatic heterocycles. The average molecular weight is 209 g/mol. The molecule has 4 nitrogen and oxygen atoms in total. The molecule has 2 aliphatic heterocycles. The number of amides is 1. The minimum absolute atomic E-state index is 0.129. The Morgan fingerprint density at radius 3 is 2.73 bits per heavy atom. The Labute approximate surface area is 88.6 Å². The lowest BCUT2D eigenvalue weighted by atomic mass is 9.86. The van der Waals surface area contributed by atoms with Crippen molar-refractivity contribution in [3.05, 3.63) is 11.3 Å². The summed E-state index contributed by atoms with van der Waals surface area (Å²) >= 11 is 0. The first-order valence-corrected chi connectivity index (χ1v) is 5.56. The molecule has 0 saturated carbocycles. The summed E-state index contributed by atoms with van der Waals surface area (Å²) in [5, 5.41) is 2.95. The second-order valence-corrected chi connectivity index (χ2v) is 4.41. The lowest BCUT2D eigenvalue weighted by Gasteiger charge is -2.36. The van der Waals surface area contributed by atoms with Crippen LogP contribution in [-0.4, -0.2) is 24.9 Å². The van der Waals surface area contributed by atoms with E-state index in [0.717, 1.165) is 25.0 Å². The minimum atomic E-state index is -0.427. The summed E-state index contributed by atoms with van der Waals surface area (Å²) < 4.78 is 11.3. The Bertz CT molecular complexity index is 329. The number of hydrogen-bond acceptors (Lipinski definition) is 3. The molecule has 2 heterocycles. The van der Waals surface area contributed by atoms with Crippen molar-refractivity contribution in [1.82, 2.24) is 5.32 Å². The first-order chi connectivity index (χ1) is 7.27. The number of ether oxygens (including phenoxy) is 2. The molecule has 4 heteroatoms. The predicted octanol–water partition coefficient (Wildman–Crippen LogP) is 1.08.